The summed E-state index contributed by atoms with van der Waals surface area (Å²) in [6.07, 6.45) is 3.02. The van der Waals surface area contributed by atoms with Crippen LogP contribution in [-0.4, -0.2) is 51.7 Å². The molecule has 1 fully saturated rings. The first kappa shape index (κ1) is 21.6. The van der Waals surface area contributed by atoms with Crippen molar-refractivity contribution < 1.29 is 19.5 Å². The highest BCUT2D eigenvalue weighted by molar-refractivity contribution is 5.93. The van der Waals surface area contributed by atoms with E-state index in [-0.39, 0.29) is 5.91 Å². The summed E-state index contributed by atoms with van der Waals surface area (Å²) >= 11 is 0. The summed E-state index contributed by atoms with van der Waals surface area (Å²) < 4.78 is 7.44. The van der Waals surface area contributed by atoms with Gasteiger partial charge < -0.3 is 14.2 Å². The van der Waals surface area contributed by atoms with Gasteiger partial charge in [0.2, 0.25) is 5.91 Å². The zero-order valence-corrected chi connectivity index (χ0v) is 18.7. The van der Waals surface area contributed by atoms with Crippen molar-refractivity contribution in [3.63, 3.8) is 0 Å². The molecular formula is C25H28N4O4. The van der Waals surface area contributed by atoms with E-state index in [0.29, 0.717) is 38.2 Å². The lowest BCUT2D eigenvalue weighted by molar-refractivity contribution is -0.137. The topological polar surface area (TPSA) is 96.7 Å². The standard InChI is InChI=1S/C25H28N4O4/c1-33-13-12-29-21-5-3-2-4-20(21)26-22(29)16-28-11-10-25(24(28)31)9-8-17-6-7-18(23(30)27-32)14-19(17)15-25/h2-7,14,32H,8-13,15-16H2,1H3,(H,27,30). The lowest BCUT2D eigenvalue weighted by Gasteiger charge is -2.33. The second-order valence-electron chi connectivity index (χ2n) is 9.02. The van der Waals surface area contributed by atoms with Crippen molar-refractivity contribution in [3.05, 3.63) is 65.0 Å². The van der Waals surface area contributed by atoms with Crippen molar-refractivity contribution in [3.8, 4) is 0 Å². The number of hydrogen-bond acceptors (Lipinski definition) is 5. The number of hydroxylamine groups is 1. The zero-order chi connectivity index (χ0) is 23.0. The largest absolute Gasteiger partial charge is 0.383 e. The van der Waals surface area contributed by atoms with Gasteiger partial charge in [-0.05, 0) is 61.1 Å². The summed E-state index contributed by atoms with van der Waals surface area (Å²) in [5.41, 5.74) is 5.81. The fourth-order valence-corrected chi connectivity index (χ4v) is 5.36. The Bertz CT molecular complexity index is 1220. The number of para-hydroxylation sites is 2. The molecule has 1 atom stereocenters. The van der Waals surface area contributed by atoms with Crippen LogP contribution in [0.15, 0.2) is 42.5 Å². The second-order valence-corrected chi connectivity index (χ2v) is 9.02. The van der Waals surface area contributed by atoms with Crippen molar-refractivity contribution in [2.45, 2.75) is 38.8 Å². The number of hydrogen-bond donors (Lipinski definition) is 2. The maximum atomic E-state index is 13.7. The lowest BCUT2D eigenvalue weighted by Crippen LogP contribution is -2.39. The molecule has 1 spiro atoms. The molecule has 3 aromatic rings. The summed E-state index contributed by atoms with van der Waals surface area (Å²) in [4.78, 5) is 32.3. The van der Waals surface area contributed by atoms with E-state index < -0.39 is 11.3 Å². The van der Waals surface area contributed by atoms with Gasteiger partial charge >= 0.3 is 0 Å². The molecule has 8 nitrogen and oxygen atoms in total. The molecule has 1 saturated heterocycles. The highest BCUT2D eigenvalue weighted by Crippen LogP contribution is 2.44. The Kier molecular flexibility index (Phi) is 5.64. The Balaban J connectivity index is 1.39. The van der Waals surface area contributed by atoms with Gasteiger partial charge in [-0.15, -0.1) is 0 Å². The SMILES string of the molecule is COCCn1c(CN2CCC3(CCc4ccc(C(=O)NO)cc4C3)C2=O)nc2ccccc21. The Hall–Kier alpha value is -3.23. The molecule has 5 rings (SSSR count). The van der Waals surface area contributed by atoms with Crippen molar-refractivity contribution in [1.29, 1.82) is 0 Å². The number of carbonyl (C=O) groups excluding carboxylic acids is 2. The summed E-state index contributed by atoms with van der Waals surface area (Å²) in [7, 11) is 1.68. The minimum absolute atomic E-state index is 0.163. The Morgan fingerprint density at radius 1 is 1.21 bits per heavy atom. The average molecular weight is 449 g/mol. The van der Waals surface area contributed by atoms with Crippen LogP contribution in [0.5, 0.6) is 0 Å². The fraction of sp³-hybridized carbons (Fsp3) is 0.400. The van der Waals surface area contributed by atoms with Gasteiger partial charge in [0.25, 0.3) is 5.91 Å². The van der Waals surface area contributed by atoms with Crippen molar-refractivity contribution in [1.82, 2.24) is 19.9 Å². The third-order valence-electron chi connectivity index (χ3n) is 7.16. The van der Waals surface area contributed by atoms with Crippen molar-refractivity contribution in [2.75, 3.05) is 20.3 Å². The Morgan fingerprint density at radius 2 is 2.06 bits per heavy atom. The number of amides is 2. The van der Waals surface area contributed by atoms with Gasteiger partial charge in [-0.3, -0.25) is 14.8 Å². The van der Waals surface area contributed by atoms with E-state index in [1.54, 1.807) is 18.7 Å². The second kappa shape index (κ2) is 8.61. The number of aryl methyl sites for hydroxylation is 1. The van der Waals surface area contributed by atoms with Crippen LogP contribution < -0.4 is 5.48 Å². The van der Waals surface area contributed by atoms with Gasteiger partial charge in [-0.1, -0.05) is 18.2 Å². The molecule has 2 amide bonds. The number of fused-ring (bicyclic) bond motifs is 2. The highest BCUT2D eigenvalue weighted by atomic mass is 16.5. The molecule has 1 unspecified atom stereocenters. The lowest BCUT2D eigenvalue weighted by atomic mass is 9.70. The molecule has 2 N–H and O–H groups in total. The van der Waals surface area contributed by atoms with Crippen LogP contribution in [0.4, 0.5) is 0 Å². The normalized spacial score (nSPS) is 19.9. The van der Waals surface area contributed by atoms with Gasteiger partial charge in [-0.25, -0.2) is 10.5 Å². The van der Waals surface area contributed by atoms with Gasteiger partial charge in [0.1, 0.15) is 5.82 Å². The molecule has 0 saturated carbocycles. The van der Waals surface area contributed by atoms with E-state index >= 15 is 0 Å². The van der Waals surface area contributed by atoms with Crippen LogP contribution in [0.1, 0.15) is 40.2 Å². The number of nitrogens with one attached hydrogen (secondary N) is 1. The Morgan fingerprint density at radius 3 is 2.88 bits per heavy atom. The quantitative estimate of drug-likeness (QED) is 0.447. The van der Waals surface area contributed by atoms with Crippen LogP contribution in [0.2, 0.25) is 0 Å². The number of benzene rings is 2. The first-order valence-corrected chi connectivity index (χ1v) is 11.3. The van der Waals surface area contributed by atoms with Crippen LogP contribution >= 0.6 is 0 Å². The molecule has 2 aliphatic rings. The van der Waals surface area contributed by atoms with E-state index in [0.717, 1.165) is 41.7 Å². The van der Waals surface area contributed by atoms with E-state index in [2.05, 4.69) is 4.57 Å². The van der Waals surface area contributed by atoms with Crippen LogP contribution in [-0.2, 0) is 35.5 Å². The van der Waals surface area contributed by atoms with E-state index in [1.807, 2.05) is 41.3 Å². The fourth-order valence-electron chi connectivity index (χ4n) is 5.36. The number of ether oxygens (including phenoxy) is 1. The molecule has 33 heavy (non-hydrogen) atoms. The number of aromatic nitrogens is 2. The first-order chi connectivity index (χ1) is 16.0. The monoisotopic (exact) mass is 448 g/mol. The summed E-state index contributed by atoms with van der Waals surface area (Å²) in [5.74, 6) is 0.499. The zero-order valence-electron chi connectivity index (χ0n) is 18.7. The molecular weight excluding hydrogens is 420 g/mol. The molecule has 1 aliphatic heterocycles. The molecule has 0 radical (unpaired) electrons. The summed E-state index contributed by atoms with van der Waals surface area (Å²) in [5, 5.41) is 8.97. The third kappa shape index (κ3) is 3.79. The van der Waals surface area contributed by atoms with Crippen LogP contribution in [0.25, 0.3) is 11.0 Å². The number of methoxy groups -OCH3 is 1. The van der Waals surface area contributed by atoms with Gasteiger partial charge in [0.15, 0.2) is 0 Å². The predicted octanol–water partition coefficient (Wildman–Crippen LogP) is 2.71. The van der Waals surface area contributed by atoms with Gasteiger partial charge in [0, 0.05) is 25.8 Å². The number of likely N-dealkylation sites (tertiary alicyclic amines) is 1. The molecule has 172 valence electrons. The van der Waals surface area contributed by atoms with Crippen molar-refractivity contribution >= 4 is 22.8 Å². The van der Waals surface area contributed by atoms with Gasteiger partial charge in [-0.2, -0.15) is 0 Å². The molecule has 0 bridgehead atoms. The number of nitrogens with zero attached hydrogens (tertiary/aromatic N) is 3. The minimum Gasteiger partial charge on any atom is -0.383 e. The number of imidazole rings is 1. The molecule has 2 aromatic carbocycles. The molecule has 1 aromatic heterocycles. The minimum atomic E-state index is -0.535. The number of rotatable bonds is 6. The van der Waals surface area contributed by atoms with E-state index in [9.17, 15) is 9.59 Å². The third-order valence-corrected chi connectivity index (χ3v) is 7.16. The highest BCUT2D eigenvalue weighted by Gasteiger charge is 2.48. The Labute approximate surface area is 192 Å². The predicted molar refractivity (Wildman–Crippen MR) is 122 cm³/mol. The summed E-state index contributed by atoms with van der Waals surface area (Å²) in [6, 6.07) is 13.5. The van der Waals surface area contributed by atoms with Crippen LogP contribution in [0.3, 0.4) is 0 Å². The summed E-state index contributed by atoms with van der Waals surface area (Å²) in [6.45, 7) is 2.42. The molecule has 8 heteroatoms. The maximum Gasteiger partial charge on any atom is 0.274 e. The molecule has 1 aliphatic carbocycles. The van der Waals surface area contributed by atoms with Crippen LogP contribution in [0, 0.1) is 5.41 Å². The van der Waals surface area contributed by atoms with E-state index in [1.165, 1.54) is 5.56 Å². The van der Waals surface area contributed by atoms with Crippen molar-refractivity contribution in [2.24, 2.45) is 5.41 Å². The maximum absolute atomic E-state index is 13.7. The molecule has 2 heterocycles. The number of carbonyl (C=O) groups is 2. The average Bonchev–Trinajstić information content (AvgIpc) is 3.34. The van der Waals surface area contributed by atoms with Gasteiger partial charge in [0.05, 0.1) is 29.6 Å². The van der Waals surface area contributed by atoms with E-state index in [4.69, 9.17) is 14.9 Å². The smallest absolute Gasteiger partial charge is 0.274 e. The first-order valence-electron chi connectivity index (χ1n) is 11.3.